The molecule has 7 heteroatoms. The van der Waals surface area contributed by atoms with Crippen LogP contribution in [0.25, 0.3) is 11.3 Å². The molecule has 3 rings (SSSR count). The molecule has 0 spiro atoms. The fraction of sp³-hybridized carbons (Fsp3) is 0.150. The second-order valence-corrected chi connectivity index (χ2v) is 5.80. The third-order valence-electron chi connectivity index (χ3n) is 3.90. The van der Waals surface area contributed by atoms with Crippen molar-refractivity contribution in [3.8, 4) is 17.4 Å². The summed E-state index contributed by atoms with van der Waals surface area (Å²) in [5.41, 5.74) is 1.15. The lowest BCUT2D eigenvalue weighted by molar-refractivity contribution is -0.121. The number of aromatic nitrogens is 1. The first-order chi connectivity index (χ1) is 13.1. The van der Waals surface area contributed by atoms with Gasteiger partial charge >= 0.3 is 0 Å². The van der Waals surface area contributed by atoms with E-state index in [2.05, 4.69) is 10.3 Å². The zero-order valence-electron chi connectivity index (χ0n) is 14.2. The van der Waals surface area contributed by atoms with Crippen molar-refractivity contribution in [3.63, 3.8) is 0 Å². The number of oxazole rings is 1. The Bertz CT molecular complexity index is 971. The summed E-state index contributed by atoms with van der Waals surface area (Å²) in [6.45, 7) is 0.335. The molecule has 0 radical (unpaired) electrons. The Morgan fingerprint density at radius 2 is 1.85 bits per heavy atom. The highest BCUT2D eigenvalue weighted by Crippen LogP contribution is 2.26. The molecule has 0 bridgehead atoms. The number of nitriles is 1. The van der Waals surface area contributed by atoms with Crippen LogP contribution in [0.1, 0.15) is 23.4 Å². The minimum Gasteiger partial charge on any atom is -0.441 e. The molecule has 0 saturated carbocycles. The molecule has 2 aromatic carbocycles. The molecule has 136 valence electrons. The van der Waals surface area contributed by atoms with Gasteiger partial charge in [-0.25, -0.2) is 13.8 Å². The van der Waals surface area contributed by atoms with E-state index < -0.39 is 11.6 Å². The molecular formula is C20H15F2N3O2. The number of hydrogen-bond acceptors (Lipinski definition) is 4. The van der Waals surface area contributed by atoms with Gasteiger partial charge in [0.15, 0.2) is 11.7 Å². The maximum atomic E-state index is 13.8. The first-order valence-electron chi connectivity index (χ1n) is 8.21. The van der Waals surface area contributed by atoms with Gasteiger partial charge in [-0.2, -0.15) is 5.26 Å². The van der Waals surface area contributed by atoms with Crippen molar-refractivity contribution >= 4 is 5.91 Å². The third kappa shape index (κ3) is 4.55. The van der Waals surface area contributed by atoms with Crippen LogP contribution in [0.3, 0.4) is 0 Å². The number of amides is 1. The molecule has 3 aromatic rings. The minimum absolute atomic E-state index is 0.0152. The van der Waals surface area contributed by atoms with E-state index >= 15 is 0 Å². The smallest absolute Gasteiger partial charge is 0.220 e. The number of aryl methyl sites for hydroxylation is 1. The summed E-state index contributed by atoms with van der Waals surface area (Å²) >= 11 is 0. The molecule has 27 heavy (non-hydrogen) atoms. The standard InChI is InChI=1S/C20H15F2N3O2/c21-15-2-1-3-16(22)20(15)17-12-25-19(27-17)9-8-18(26)24-11-14-6-4-13(10-23)5-7-14/h1-7,12H,8-9,11H2,(H,24,26). The van der Waals surface area contributed by atoms with Crippen molar-refractivity contribution in [2.75, 3.05) is 0 Å². The highest BCUT2D eigenvalue weighted by molar-refractivity contribution is 5.76. The summed E-state index contributed by atoms with van der Waals surface area (Å²) in [5, 5.41) is 11.5. The van der Waals surface area contributed by atoms with Crippen molar-refractivity contribution in [1.82, 2.24) is 10.3 Å². The van der Waals surface area contributed by atoms with Gasteiger partial charge in [0.25, 0.3) is 0 Å². The lowest BCUT2D eigenvalue weighted by Gasteiger charge is -2.04. The summed E-state index contributed by atoms with van der Waals surface area (Å²) in [6.07, 6.45) is 1.57. The lowest BCUT2D eigenvalue weighted by Crippen LogP contribution is -2.23. The maximum Gasteiger partial charge on any atom is 0.220 e. The van der Waals surface area contributed by atoms with Crippen molar-refractivity contribution in [2.45, 2.75) is 19.4 Å². The number of carbonyl (C=O) groups is 1. The fourth-order valence-corrected chi connectivity index (χ4v) is 2.48. The summed E-state index contributed by atoms with van der Waals surface area (Å²) < 4.78 is 32.9. The van der Waals surface area contributed by atoms with Gasteiger partial charge in [0.1, 0.15) is 11.6 Å². The van der Waals surface area contributed by atoms with Gasteiger partial charge in [-0.3, -0.25) is 4.79 Å². The van der Waals surface area contributed by atoms with Gasteiger partial charge in [-0.15, -0.1) is 0 Å². The number of nitrogens with zero attached hydrogens (tertiary/aromatic N) is 2. The highest BCUT2D eigenvalue weighted by Gasteiger charge is 2.16. The summed E-state index contributed by atoms with van der Waals surface area (Å²) in [6, 6.07) is 12.5. The Hall–Kier alpha value is -3.53. The van der Waals surface area contributed by atoms with Gasteiger partial charge in [-0.05, 0) is 29.8 Å². The van der Waals surface area contributed by atoms with Gasteiger partial charge < -0.3 is 9.73 Å². The highest BCUT2D eigenvalue weighted by atomic mass is 19.1. The van der Waals surface area contributed by atoms with Crippen LogP contribution in [0.5, 0.6) is 0 Å². The van der Waals surface area contributed by atoms with Crippen LogP contribution in [0.2, 0.25) is 0 Å². The van der Waals surface area contributed by atoms with E-state index in [0.29, 0.717) is 12.1 Å². The van der Waals surface area contributed by atoms with Gasteiger partial charge in [0.05, 0.1) is 23.4 Å². The van der Waals surface area contributed by atoms with Crippen molar-refractivity contribution in [3.05, 3.63) is 77.3 Å². The molecule has 5 nitrogen and oxygen atoms in total. The predicted molar refractivity (Wildman–Crippen MR) is 93.2 cm³/mol. The van der Waals surface area contributed by atoms with Crippen LogP contribution in [0, 0.1) is 23.0 Å². The molecule has 0 aliphatic rings. The van der Waals surface area contributed by atoms with Crippen LogP contribution in [0.15, 0.2) is 53.1 Å². The van der Waals surface area contributed by atoms with E-state index in [9.17, 15) is 13.6 Å². The summed E-state index contributed by atoms with van der Waals surface area (Å²) in [4.78, 5) is 15.9. The van der Waals surface area contributed by atoms with Crippen LogP contribution in [-0.4, -0.2) is 10.9 Å². The molecule has 1 heterocycles. The molecule has 0 aliphatic carbocycles. The predicted octanol–water partition coefficient (Wildman–Crippen LogP) is 3.74. The molecule has 1 aromatic heterocycles. The number of rotatable bonds is 6. The summed E-state index contributed by atoms with van der Waals surface area (Å²) in [7, 11) is 0. The normalized spacial score (nSPS) is 10.4. The number of halogens is 2. The van der Waals surface area contributed by atoms with E-state index in [1.807, 2.05) is 6.07 Å². The first-order valence-corrected chi connectivity index (χ1v) is 8.21. The van der Waals surface area contributed by atoms with Crippen LogP contribution >= 0.6 is 0 Å². The van der Waals surface area contributed by atoms with Gasteiger partial charge in [-0.1, -0.05) is 18.2 Å². The average molecular weight is 367 g/mol. The maximum absolute atomic E-state index is 13.8. The molecule has 1 amide bonds. The van der Waals surface area contributed by atoms with Gasteiger partial charge in [0, 0.05) is 19.4 Å². The molecule has 0 atom stereocenters. The van der Waals surface area contributed by atoms with Gasteiger partial charge in [0.2, 0.25) is 5.91 Å². The van der Waals surface area contributed by atoms with Crippen LogP contribution in [0.4, 0.5) is 8.78 Å². The number of nitrogens with one attached hydrogen (secondary N) is 1. The SMILES string of the molecule is N#Cc1ccc(CNC(=O)CCc2ncc(-c3c(F)cccc3F)o2)cc1. The first kappa shape index (κ1) is 18.3. The molecule has 0 aliphatic heterocycles. The number of benzene rings is 2. The Morgan fingerprint density at radius 1 is 1.15 bits per heavy atom. The number of carbonyl (C=O) groups excluding carboxylic acids is 1. The molecule has 0 saturated heterocycles. The lowest BCUT2D eigenvalue weighted by atomic mass is 10.1. The zero-order valence-corrected chi connectivity index (χ0v) is 14.2. The largest absolute Gasteiger partial charge is 0.441 e. The Kier molecular flexibility index (Phi) is 5.57. The van der Waals surface area contributed by atoms with E-state index in [1.54, 1.807) is 24.3 Å². The van der Waals surface area contributed by atoms with Crippen LogP contribution in [-0.2, 0) is 17.8 Å². The Morgan fingerprint density at radius 3 is 2.52 bits per heavy atom. The third-order valence-corrected chi connectivity index (χ3v) is 3.90. The number of hydrogen-bond donors (Lipinski definition) is 1. The summed E-state index contributed by atoms with van der Waals surface area (Å²) in [5.74, 6) is -1.48. The van der Waals surface area contributed by atoms with Crippen LogP contribution < -0.4 is 5.32 Å². The van der Waals surface area contributed by atoms with E-state index in [1.165, 1.54) is 12.3 Å². The molecule has 0 unspecified atom stereocenters. The van der Waals surface area contributed by atoms with E-state index in [0.717, 1.165) is 17.7 Å². The average Bonchev–Trinajstić information content (AvgIpc) is 3.13. The monoisotopic (exact) mass is 367 g/mol. The molecular weight excluding hydrogens is 352 g/mol. The van der Waals surface area contributed by atoms with Crippen molar-refractivity contribution in [2.24, 2.45) is 0 Å². The molecule has 0 fully saturated rings. The van der Waals surface area contributed by atoms with Crippen molar-refractivity contribution in [1.29, 1.82) is 5.26 Å². The zero-order chi connectivity index (χ0) is 19.2. The molecule has 1 N–H and O–H groups in total. The second kappa shape index (κ2) is 8.23. The second-order valence-electron chi connectivity index (χ2n) is 5.80. The van der Waals surface area contributed by atoms with E-state index in [-0.39, 0.29) is 36.0 Å². The Labute approximate surface area is 154 Å². The Balaban J connectivity index is 1.53. The van der Waals surface area contributed by atoms with Crippen molar-refractivity contribution < 1.29 is 18.0 Å². The topological polar surface area (TPSA) is 78.9 Å². The van der Waals surface area contributed by atoms with E-state index in [4.69, 9.17) is 9.68 Å². The minimum atomic E-state index is -0.738. The quantitative estimate of drug-likeness (QED) is 0.720. The fourth-order valence-electron chi connectivity index (χ4n) is 2.48.